The van der Waals surface area contributed by atoms with Crippen LogP contribution in [0, 0.1) is 12.7 Å². The number of halogens is 1. The Labute approximate surface area is 168 Å². The zero-order valence-electron chi connectivity index (χ0n) is 16.2. The van der Waals surface area contributed by atoms with Gasteiger partial charge in [0.05, 0.1) is 0 Å². The van der Waals surface area contributed by atoms with Gasteiger partial charge < -0.3 is 20.3 Å². The molecular weight excluding hydrogens is 372 g/mol. The molecule has 2 heterocycles. The zero-order valence-corrected chi connectivity index (χ0v) is 16.2. The molecule has 0 spiro atoms. The van der Waals surface area contributed by atoms with Crippen molar-refractivity contribution in [2.45, 2.75) is 32.9 Å². The van der Waals surface area contributed by atoms with Crippen LogP contribution < -0.4 is 15.7 Å². The number of nitrogens with zero attached hydrogens (tertiary/aromatic N) is 4. The van der Waals surface area contributed by atoms with Crippen LogP contribution in [-0.2, 0) is 13.0 Å². The van der Waals surface area contributed by atoms with Gasteiger partial charge in [-0.15, -0.1) is 0 Å². The molecule has 2 aromatic carbocycles. The van der Waals surface area contributed by atoms with Gasteiger partial charge in [0.15, 0.2) is 0 Å². The van der Waals surface area contributed by atoms with E-state index in [0.29, 0.717) is 36.1 Å². The third-order valence-electron chi connectivity index (χ3n) is 4.96. The van der Waals surface area contributed by atoms with Crippen LogP contribution in [0.25, 0.3) is 0 Å². The summed E-state index contributed by atoms with van der Waals surface area (Å²) in [5.41, 5.74) is 3.00. The van der Waals surface area contributed by atoms with E-state index >= 15 is 0 Å². The molecule has 1 atom stereocenters. The molecule has 0 saturated carbocycles. The van der Waals surface area contributed by atoms with Gasteiger partial charge in [0.2, 0.25) is 11.9 Å². The standard InChI is InChI=1S/C20H21BFN5O2/c1-12-9-16-17(21(28)29)7-4-8-18(16)27(12)20-25-13(2)24-19(26-20)23-11-14-5-3-6-15(22)10-14/h3-8,10,12,28-29H,9,11H2,1-2H3,(H,23,24,25,26). The summed E-state index contributed by atoms with van der Waals surface area (Å²) >= 11 is 0. The van der Waals surface area contributed by atoms with E-state index < -0.39 is 7.12 Å². The van der Waals surface area contributed by atoms with Crippen molar-refractivity contribution in [3.63, 3.8) is 0 Å². The predicted molar refractivity (Wildman–Crippen MR) is 110 cm³/mol. The van der Waals surface area contributed by atoms with Crippen molar-refractivity contribution in [3.8, 4) is 0 Å². The molecule has 0 saturated heterocycles. The van der Waals surface area contributed by atoms with E-state index in [-0.39, 0.29) is 11.9 Å². The minimum Gasteiger partial charge on any atom is -0.423 e. The maximum Gasteiger partial charge on any atom is 0.488 e. The average Bonchev–Trinajstić information content (AvgIpc) is 3.01. The van der Waals surface area contributed by atoms with Gasteiger partial charge in [-0.3, -0.25) is 0 Å². The van der Waals surface area contributed by atoms with E-state index in [2.05, 4.69) is 20.3 Å². The predicted octanol–water partition coefficient (Wildman–Crippen LogP) is 1.69. The Kier molecular flexibility index (Phi) is 5.17. The first kappa shape index (κ1) is 19.3. The smallest absolute Gasteiger partial charge is 0.423 e. The minimum atomic E-state index is -1.53. The molecule has 0 bridgehead atoms. The highest BCUT2D eigenvalue weighted by Gasteiger charge is 2.33. The number of benzene rings is 2. The van der Waals surface area contributed by atoms with Crippen LogP contribution in [0.3, 0.4) is 0 Å². The summed E-state index contributed by atoms with van der Waals surface area (Å²) < 4.78 is 13.4. The van der Waals surface area contributed by atoms with Crippen LogP contribution in [0.1, 0.15) is 23.9 Å². The number of hydrogen-bond donors (Lipinski definition) is 3. The molecule has 1 aromatic heterocycles. The van der Waals surface area contributed by atoms with E-state index in [9.17, 15) is 14.4 Å². The Morgan fingerprint density at radius 1 is 1.17 bits per heavy atom. The van der Waals surface area contributed by atoms with Gasteiger partial charge in [-0.1, -0.05) is 24.3 Å². The highest BCUT2D eigenvalue weighted by Crippen LogP contribution is 2.36. The molecule has 29 heavy (non-hydrogen) atoms. The number of fused-ring (bicyclic) bond motifs is 1. The van der Waals surface area contributed by atoms with Crippen molar-refractivity contribution in [2.24, 2.45) is 0 Å². The Bertz CT molecular complexity index is 1050. The second kappa shape index (κ2) is 7.77. The molecule has 9 heteroatoms. The summed E-state index contributed by atoms with van der Waals surface area (Å²) in [7, 11) is -1.53. The molecule has 0 amide bonds. The van der Waals surface area contributed by atoms with Gasteiger partial charge in [0, 0.05) is 18.3 Å². The minimum absolute atomic E-state index is 0.0442. The fourth-order valence-corrected chi connectivity index (χ4v) is 3.69. The third-order valence-corrected chi connectivity index (χ3v) is 4.96. The van der Waals surface area contributed by atoms with Gasteiger partial charge in [-0.2, -0.15) is 15.0 Å². The zero-order chi connectivity index (χ0) is 20.5. The lowest BCUT2D eigenvalue weighted by molar-refractivity contribution is 0.425. The number of anilines is 3. The monoisotopic (exact) mass is 393 g/mol. The lowest BCUT2D eigenvalue weighted by Crippen LogP contribution is -2.32. The quantitative estimate of drug-likeness (QED) is 0.568. The van der Waals surface area contributed by atoms with Gasteiger partial charge in [0.25, 0.3) is 0 Å². The second-order valence-electron chi connectivity index (χ2n) is 7.13. The fraction of sp³-hybridized carbons (Fsp3) is 0.250. The van der Waals surface area contributed by atoms with Crippen molar-refractivity contribution in [1.82, 2.24) is 15.0 Å². The molecule has 3 N–H and O–H groups in total. The van der Waals surface area contributed by atoms with Crippen LogP contribution >= 0.6 is 0 Å². The van der Waals surface area contributed by atoms with E-state index in [4.69, 9.17) is 0 Å². The Morgan fingerprint density at radius 3 is 2.72 bits per heavy atom. The van der Waals surface area contributed by atoms with Crippen LogP contribution in [0.15, 0.2) is 42.5 Å². The summed E-state index contributed by atoms with van der Waals surface area (Å²) in [6.07, 6.45) is 0.653. The van der Waals surface area contributed by atoms with Gasteiger partial charge in [-0.25, -0.2) is 4.39 Å². The van der Waals surface area contributed by atoms with Crippen molar-refractivity contribution < 1.29 is 14.4 Å². The van der Waals surface area contributed by atoms with Crippen LogP contribution in [0.4, 0.5) is 22.0 Å². The molecule has 0 radical (unpaired) electrons. The molecular formula is C20H21BFN5O2. The van der Waals surface area contributed by atoms with Crippen molar-refractivity contribution in [2.75, 3.05) is 10.2 Å². The van der Waals surface area contributed by atoms with Gasteiger partial charge >= 0.3 is 7.12 Å². The van der Waals surface area contributed by atoms with E-state index in [1.54, 1.807) is 25.1 Å². The Hall–Kier alpha value is -3.04. The van der Waals surface area contributed by atoms with Crippen molar-refractivity contribution in [3.05, 3.63) is 65.2 Å². The van der Waals surface area contributed by atoms with E-state index in [1.165, 1.54) is 12.1 Å². The lowest BCUT2D eigenvalue weighted by atomic mass is 9.76. The number of aromatic nitrogens is 3. The molecule has 4 rings (SSSR count). The highest BCUT2D eigenvalue weighted by molar-refractivity contribution is 6.59. The van der Waals surface area contributed by atoms with Crippen LogP contribution in [-0.4, -0.2) is 38.2 Å². The number of nitrogens with one attached hydrogen (secondary N) is 1. The molecule has 148 valence electrons. The normalized spacial score (nSPS) is 15.3. The van der Waals surface area contributed by atoms with E-state index in [0.717, 1.165) is 16.8 Å². The van der Waals surface area contributed by atoms with Gasteiger partial charge in [0.1, 0.15) is 11.6 Å². The average molecular weight is 393 g/mol. The summed E-state index contributed by atoms with van der Waals surface area (Å²) in [6, 6.07) is 11.8. The summed E-state index contributed by atoms with van der Waals surface area (Å²) in [4.78, 5) is 15.3. The maximum atomic E-state index is 13.4. The fourth-order valence-electron chi connectivity index (χ4n) is 3.69. The third kappa shape index (κ3) is 3.92. The summed E-state index contributed by atoms with van der Waals surface area (Å²) in [5.74, 6) is 1.14. The van der Waals surface area contributed by atoms with Crippen molar-refractivity contribution >= 4 is 30.2 Å². The Morgan fingerprint density at radius 2 is 1.97 bits per heavy atom. The number of aryl methyl sites for hydroxylation is 1. The van der Waals surface area contributed by atoms with E-state index in [1.807, 2.05) is 24.0 Å². The SMILES string of the molecule is Cc1nc(NCc2cccc(F)c2)nc(N2c3cccc(B(O)O)c3CC2C)n1. The first-order valence-corrected chi connectivity index (χ1v) is 9.40. The molecule has 3 aromatic rings. The molecule has 0 aliphatic carbocycles. The maximum absolute atomic E-state index is 13.4. The lowest BCUT2D eigenvalue weighted by Gasteiger charge is -2.23. The van der Waals surface area contributed by atoms with Gasteiger partial charge in [-0.05, 0) is 55.1 Å². The van der Waals surface area contributed by atoms with Crippen LogP contribution in [0.2, 0.25) is 0 Å². The summed E-state index contributed by atoms with van der Waals surface area (Å²) in [5, 5.41) is 22.5. The summed E-state index contributed by atoms with van der Waals surface area (Å²) in [6.45, 7) is 4.20. The largest absolute Gasteiger partial charge is 0.488 e. The van der Waals surface area contributed by atoms with Crippen LogP contribution in [0.5, 0.6) is 0 Å². The van der Waals surface area contributed by atoms with Crippen molar-refractivity contribution in [1.29, 1.82) is 0 Å². The molecule has 1 unspecified atom stereocenters. The number of rotatable bonds is 5. The topological polar surface area (TPSA) is 94.4 Å². The highest BCUT2D eigenvalue weighted by atomic mass is 19.1. The molecule has 1 aliphatic heterocycles. The Balaban J connectivity index is 1.64. The first-order valence-electron chi connectivity index (χ1n) is 9.40. The molecule has 7 nitrogen and oxygen atoms in total. The number of hydrogen-bond acceptors (Lipinski definition) is 7. The molecule has 1 aliphatic rings. The second-order valence-corrected chi connectivity index (χ2v) is 7.13. The molecule has 0 fully saturated rings. The first-order chi connectivity index (χ1) is 13.9.